The second kappa shape index (κ2) is 4.76. The largest absolute Gasteiger partial charge is 0.392 e. The molecule has 2 rings (SSSR count). The van der Waals surface area contributed by atoms with Gasteiger partial charge in [0.1, 0.15) is 5.69 Å². The SMILES string of the molecule is Cn1cc(CNc2ccccc2CO)nn1. The lowest BCUT2D eigenvalue weighted by molar-refractivity contribution is 0.282. The molecular weight excluding hydrogens is 204 g/mol. The number of hydrogen-bond acceptors (Lipinski definition) is 4. The molecule has 0 unspecified atom stereocenters. The molecule has 0 atom stereocenters. The molecule has 1 heterocycles. The van der Waals surface area contributed by atoms with Gasteiger partial charge in [0.15, 0.2) is 0 Å². The number of hydrogen-bond donors (Lipinski definition) is 2. The number of benzene rings is 1. The van der Waals surface area contributed by atoms with Crippen LogP contribution in [0.1, 0.15) is 11.3 Å². The molecule has 0 aliphatic heterocycles. The number of nitrogens with zero attached hydrogens (tertiary/aromatic N) is 3. The van der Waals surface area contributed by atoms with Crippen LogP contribution in [-0.4, -0.2) is 20.1 Å². The molecule has 0 saturated heterocycles. The standard InChI is InChI=1S/C11H14N4O/c1-15-7-10(13-14-15)6-12-11-5-3-2-4-9(11)8-16/h2-5,7,12,16H,6,8H2,1H3. The summed E-state index contributed by atoms with van der Waals surface area (Å²) in [5.41, 5.74) is 2.68. The van der Waals surface area contributed by atoms with Crippen molar-refractivity contribution in [1.82, 2.24) is 15.0 Å². The first kappa shape index (κ1) is 10.6. The Morgan fingerprint density at radius 3 is 2.88 bits per heavy atom. The van der Waals surface area contributed by atoms with Crippen LogP contribution in [0.15, 0.2) is 30.5 Å². The van der Waals surface area contributed by atoms with Gasteiger partial charge in [0, 0.05) is 24.5 Å². The Balaban J connectivity index is 2.04. The molecule has 0 aliphatic rings. The van der Waals surface area contributed by atoms with Crippen LogP contribution in [0.2, 0.25) is 0 Å². The van der Waals surface area contributed by atoms with Crippen molar-refractivity contribution >= 4 is 5.69 Å². The Kier molecular flexibility index (Phi) is 3.16. The molecule has 16 heavy (non-hydrogen) atoms. The van der Waals surface area contributed by atoms with Crippen LogP contribution in [-0.2, 0) is 20.2 Å². The second-order valence-corrected chi connectivity index (χ2v) is 3.55. The number of aryl methyl sites for hydroxylation is 1. The Labute approximate surface area is 93.7 Å². The Hall–Kier alpha value is -1.88. The molecule has 2 N–H and O–H groups in total. The fourth-order valence-corrected chi connectivity index (χ4v) is 1.49. The van der Waals surface area contributed by atoms with Gasteiger partial charge in [0.05, 0.1) is 13.2 Å². The Morgan fingerprint density at radius 2 is 2.19 bits per heavy atom. The third-order valence-corrected chi connectivity index (χ3v) is 2.30. The predicted molar refractivity (Wildman–Crippen MR) is 60.7 cm³/mol. The summed E-state index contributed by atoms with van der Waals surface area (Å²) in [5, 5.41) is 20.2. The van der Waals surface area contributed by atoms with E-state index in [1.54, 1.807) is 4.68 Å². The van der Waals surface area contributed by atoms with E-state index in [4.69, 9.17) is 5.11 Å². The number of aliphatic hydroxyl groups is 1. The second-order valence-electron chi connectivity index (χ2n) is 3.55. The molecule has 0 amide bonds. The fourth-order valence-electron chi connectivity index (χ4n) is 1.49. The van der Waals surface area contributed by atoms with Crippen molar-refractivity contribution in [2.45, 2.75) is 13.2 Å². The summed E-state index contributed by atoms with van der Waals surface area (Å²) < 4.78 is 1.66. The monoisotopic (exact) mass is 218 g/mol. The minimum Gasteiger partial charge on any atom is -0.392 e. The minimum atomic E-state index is 0.0314. The molecular formula is C11H14N4O. The zero-order chi connectivity index (χ0) is 11.4. The van der Waals surface area contributed by atoms with Crippen molar-refractivity contribution in [1.29, 1.82) is 0 Å². The van der Waals surface area contributed by atoms with Gasteiger partial charge in [-0.15, -0.1) is 5.10 Å². The van der Waals surface area contributed by atoms with Gasteiger partial charge in [-0.25, -0.2) is 0 Å². The van der Waals surface area contributed by atoms with Gasteiger partial charge in [-0.05, 0) is 6.07 Å². The highest BCUT2D eigenvalue weighted by Gasteiger charge is 2.01. The summed E-state index contributed by atoms with van der Waals surface area (Å²) in [6.07, 6.45) is 1.86. The van der Waals surface area contributed by atoms with E-state index in [-0.39, 0.29) is 6.61 Å². The van der Waals surface area contributed by atoms with Crippen LogP contribution >= 0.6 is 0 Å². The molecule has 0 radical (unpaired) electrons. The highest BCUT2D eigenvalue weighted by atomic mass is 16.3. The lowest BCUT2D eigenvalue weighted by Gasteiger charge is -2.08. The molecule has 0 aliphatic carbocycles. The fraction of sp³-hybridized carbons (Fsp3) is 0.273. The van der Waals surface area contributed by atoms with E-state index in [1.165, 1.54) is 0 Å². The molecule has 84 valence electrons. The van der Waals surface area contributed by atoms with Crippen LogP contribution in [0.4, 0.5) is 5.69 Å². The van der Waals surface area contributed by atoms with Crippen molar-refractivity contribution in [2.75, 3.05) is 5.32 Å². The maximum Gasteiger partial charge on any atom is 0.102 e. The predicted octanol–water partition coefficient (Wildman–Crippen LogP) is 0.919. The Bertz CT molecular complexity index is 467. The normalized spacial score (nSPS) is 10.4. The van der Waals surface area contributed by atoms with Gasteiger partial charge in [-0.1, -0.05) is 23.4 Å². The van der Waals surface area contributed by atoms with Gasteiger partial charge in [-0.2, -0.15) is 0 Å². The molecule has 5 nitrogen and oxygen atoms in total. The average molecular weight is 218 g/mol. The van der Waals surface area contributed by atoms with Gasteiger partial charge >= 0.3 is 0 Å². The number of para-hydroxylation sites is 1. The summed E-state index contributed by atoms with van der Waals surface area (Å²) in [6, 6.07) is 7.65. The first-order valence-corrected chi connectivity index (χ1v) is 5.07. The van der Waals surface area contributed by atoms with Crippen molar-refractivity contribution in [3.05, 3.63) is 41.7 Å². The van der Waals surface area contributed by atoms with Gasteiger partial charge in [0.25, 0.3) is 0 Å². The van der Waals surface area contributed by atoms with Crippen molar-refractivity contribution in [3.8, 4) is 0 Å². The molecule has 5 heteroatoms. The third-order valence-electron chi connectivity index (χ3n) is 2.30. The van der Waals surface area contributed by atoms with E-state index in [0.717, 1.165) is 16.9 Å². The zero-order valence-electron chi connectivity index (χ0n) is 9.09. The molecule has 0 bridgehead atoms. The zero-order valence-corrected chi connectivity index (χ0v) is 9.09. The quantitative estimate of drug-likeness (QED) is 0.801. The van der Waals surface area contributed by atoms with E-state index in [2.05, 4.69) is 15.6 Å². The number of aliphatic hydroxyl groups excluding tert-OH is 1. The Morgan fingerprint density at radius 1 is 1.38 bits per heavy atom. The van der Waals surface area contributed by atoms with E-state index in [1.807, 2.05) is 37.5 Å². The topological polar surface area (TPSA) is 63.0 Å². The lowest BCUT2D eigenvalue weighted by atomic mass is 10.2. The van der Waals surface area contributed by atoms with Gasteiger partial charge in [0.2, 0.25) is 0 Å². The van der Waals surface area contributed by atoms with Gasteiger partial charge < -0.3 is 10.4 Å². The van der Waals surface area contributed by atoms with Gasteiger partial charge in [-0.3, -0.25) is 4.68 Å². The molecule has 1 aromatic heterocycles. The molecule has 1 aromatic carbocycles. The van der Waals surface area contributed by atoms with E-state index < -0.39 is 0 Å². The first-order chi connectivity index (χ1) is 7.79. The molecule has 0 spiro atoms. The number of anilines is 1. The molecule has 0 saturated carbocycles. The third kappa shape index (κ3) is 2.38. The van der Waals surface area contributed by atoms with E-state index in [0.29, 0.717) is 6.54 Å². The lowest BCUT2D eigenvalue weighted by Crippen LogP contribution is -2.02. The summed E-state index contributed by atoms with van der Waals surface area (Å²) >= 11 is 0. The summed E-state index contributed by atoms with van der Waals surface area (Å²) in [5.74, 6) is 0. The van der Waals surface area contributed by atoms with E-state index in [9.17, 15) is 0 Å². The van der Waals surface area contributed by atoms with Crippen LogP contribution in [0, 0.1) is 0 Å². The smallest absolute Gasteiger partial charge is 0.102 e. The number of rotatable bonds is 4. The molecule has 2 aromatic rings. The highest BCUT2D eigenvalue weighted by Crippen LogP contribution is 2.15. The van der Waals surface area contributed by atoms with Crippen LogP contribution in [0.25, 0.3) is 0 Å². The van der Waals surface area contributed by atoms with Crippen LogP contribution in [0.3, 0.4) is 0 Å². The van der Waals surface area contributed by atoms with Crippen LogP contribution in [0.5, 0.6) is 0 Å². The van der Waals surface area contributed by atoms with Crippen molar-refractivity contribution in [2.24, 2.45) is 7.05 Å². The average Bonchev–Trinajstić information content (AvgIpc) is 2.73. The summed E-state index contributed by atoms with van der Waals surface area (Å²) in [6.45, 7) is 0.633. The molecule has 0 fully saturated rings. The minimum absolute atomic E-state index is 0.0314. The van der Waals surface area contributed by atoms with E-state index >= 15 is 0 Å². The summed E-state index contributed by atoms with van der Waals surface area (Å²) in [4.78, 5) is 0. The highest BCUT2D eigenvalue weighted by molar-refractivity contribution is 5.50. The number of aromatic nitrogens is 3. The summed E-state index contributed by atoms with van der Waals surface area (Å²) in [7, 11) is 1.83. The first-order valence-electron chi connectivity index (χ1n) is 5.07. The van der Waals surface area contributed by atoms with Crippen molar-refractivity contribution < 1.29 is 5.11 Å². The van der Waals surface area contributed by atoms with Crippen molar-refractivity contribution in [3.63, 3.8) is 0 Å². The number of nitrogens with one attached hydrogen (secondary N) is 1. The maximum atomic E-state index is 9.15. The maximum absolute atomic E-state index is 9.15. The van der Waals surface area contributed by atoms with Crippen LogP contribution < -0.4 is 5.32 Å².